The zero-order chi connectivity index (χ0) is 13.2. The van der Waals surface area contributed by atoms with Gasteiger partial charge in [0.15, 0.2) is 0 Å². The summed E-state index contributed by atoms with van der Waals surface area (Å²) in [6.07, 6.45) is 3.65. The molecule has 0 saturated carbocycles. The van der Waals surface area contributed by atoms with Crippen LogP contribution < -0.4 is 0 Å². The van der Waals surface area contributed by atoms with Crippen molar-refractivity contribution < 1.29 is 0 Å². The third-order valence-corrected chi connectivity index (χ3v) is 2.87. The number of tetrazole rings is 1. The van der Waals surface area contributed by atoms with Gasteiger partial charge in [0.25, 0.3) is 0 Å². The Kier molecular flexibility index (Phi) is 2.83. The van der Waals surface area contributed by atoms with Gasteiger partial charge in [-0.1, -0.05) is 17.7 Å². The Morgan fingerprint density at radius 1 is 1.16 bits per heavy atom. The van der Waals surface area contributed by atoms with Crippen LogP contribution in [-0.4, -0.2) is 30.0 Å². The molecule has 0 atom stereocenters. The number of nitrogens with zero attached hydrogens (tertiary/aromatic N) is 6. The average molecular weight is 254 g/mol. The van der Waals surface area contributed by atoms with Crippen LogP contribution in [0.5, 0.6) is 0 Å². The van der Waals surface area contributed by atoms with Crippen molar-refractivity contribution in [1.82, 2.24) is 30.0 Å². The van der Waals surface area contributed by atoms with Crippen LogP contribution in [0.1, 0.15) is 12.5 Å². The number of aromatic nitrogens is 6. The molecule has 0 saturated heterocycles. The van der Waals surface area contributed by atoms with Gasteiger partial charge in [0, 0.05) is 6.20 Å². The van der Waals surface area contributed by atoms with Crippen LogP contribution in [0.25, 0.3) is 17.1 Å². The molecule has 0 aliphatic heterocycles. The summed E-state index contributed by atoms with van der Waals surface area (Å²) >= 11 is 0. The van der Waals surface area contributed by atoms with Crippen LogP contribution in [0.4, 0.5) is 0 Å². The van der Waals surface area contributed by atoms with E-state index >= 15 is 0 Å². The smallest absolute Gasteiger partial charge is 0.208 e. The van der Waals surface area contributed by atoms with Crippen molar-refractivity contribution >= 4 is 0 Å². The molecule has 3 aromatic rings. The van der Waals surface area contributed by atoms with Crippen LogP contribution in [0.3, 0.4) is 0 Å². The number of aryl methyl sites for hydroxylation is 2. The Morgan fingerprint density at radius 2 is 1.95 bits per heavy atom. The molecule has 6 heteroatoms. The third kappa shape index (κ3) is 2.24. The van der Waals surface area contributed by atoms with Crippen LogP contribution in [0, 0.1) is 6.92 Å². The van der Waals surface area contributed by atoms with Crippen molar-refractivity contribution in [3.63, 3.8) is 0 Å². The Balaban J connectivity index is 1.92. The lowest BCUT2D eigenvalue weighted by atomic mass is 10.2. The second kappa shape index (κ2) is 4.64. The average Bonchev–Trinajstić information content (AvgIpc) is 3.08. The lowest BCUT2D eigenvalue weighted by molar-refractivity contribution is 0.553. The van der Waals surface area contributed by atoms with E-state index in [9.17, 15) is 0 Å². The molecule has 6 nitrogen and oxygen atoms in total. The molecule has 0 N–H and O–H groups in total. The molecular formula is C13H14N6. The topological polar surface area (TPSA) is 61.4 Å². The molecule has 1 aromatic carbocycles. The fourth-order valence-corrected chi connectivity index (χ4v) is 1.77. The second-order valence-electron chi connectivity index (χ2n) is 4.31. The normalized spacial score (nSPS) is 10.8. The van der Waals surface area contributed by atoms with Gasteiger partial charge in [-0.05, 0) is 31.2 Å². The zero-order valence-corrected chi connectivity index (χ0v) is 10.9. The summed E-state index contributed by atoms with van der Waals surface area (Å²) in [5.41, 5.74) is 3.10. The summed E-state index contributed by atoms with van der Waals surface area (Å²) in [7, 11) is 0. The van der Waals surface area contributed by atoms with Crippen molar-refractivity contribution in [2.45, 2.75) is 20.4 Å². The van der Waals surface area contributed by atoms with Crippen LogP contribution >= 0.6 is 0 Å². The molecule has 96 valence electrons. The van der Waals surface area contributed by atoms with Crippen molar-refractivity contribution in [3.8, 4) is 17.1 Å². The van der Waals surface area contributed by atoms with E-state index in [0.717, 1.165) is 11.3 Å². The van der Waals surface area contributed by atoms with E-state index in [1.807, 2.05) is 25.3 Å². The van der Waals surface area contributed by atoms with E-state index in [4.69, 9.17) is 0 Å². The van der Waals surface area contributed by atoms with Gasteiger partial charge < -0.3 is 0 Å². The summed E-state index contributed by atoms with van der Waals surface area (Å²) in [6, 6.07) is 8.18. The highest BCUT2D eigenvalue weighted by atomic mass is 15.6. The SMILES string of the molecule is CCn1nnc(-c2cnn(-c3ccc(C)cc3)c2)n1. The van der Waals surface area contributed by atoms with Gasteiger partial charge >= 0.3 is 0 Å². The minimum absolute atomic E-state index is 0.597. The van der Waals surface area contributed by atoms with Gasteiger partial charge in [-0.25, -0.2) is 4.68 Å². The standard InChI is InChI=1S/C13H14N6/c1-3-19-16-13(15-17-19)11-8-14-18(9-11)12-6-4-10(2)5-7-12/h4-9H,3H2,1-2H3. The number of hydrogen-bond acceptors (Lipinski definition) is 4. The van der Waals surface area contributed by atoms with E-state index in [0.29, 0.717) is 12.4 Å². The Bertz CT molecular complexity index is 679. The van der Waals surface area contributed by atoms with E-state index in [1.54, 1.807) is 15.7 Å². The van der Waals surface area contributed by atoms with Crippen LogP contribution in [-0.2, 0) is 6.54 Å². The van der Waals surface area contributed by atoms with Gasteiger partial charge in [-0.3, -0.25) is 0 Å². The summed E-state index contributed by atoms with van der Waals surface area (Å²) in [5.74, 6) is 0.597. The first kappa shape index (κ1) is 11.6. The van der Waals surface area contributed by atoms with E-state index in [-0.39, 0.29) is 0 Å². The zero-order valence-electron chi connectivity index (χ0n) is 10.9. The highest BCUT2D eigenvalue weighted by Gasteiger charge is 2.08. The molecular weight excluding hydrogens is 240 g/mol. The van der Waals surface area contributed by atoms with Crippen molar-refractivity contribution in [2.75, 3.05) is 0 Å². The first-order chi connectivity index (χ1) is 9.26. The molecule has 0 aliphatic carbocycles. The quantitative estimate of drug-likeness (QED) is 0.715. The fourth-order valence-electron chi connectivity index (χ4n) is 1.77. The summed E-state index contributed by atoms with van der Waals surface area (Å²) < 4.78 is 1.81. The molecule has 0 bridgehead atoms. The minimum atomic E-state index is 0.597. The Morgan fingerprint density at radius 3 is 2.63 bits per heavy atom. The molecule has 0 unspecified atom stereocenters. The van der Waals surface area contributed by atoms with Crippen LogP contribution in [0.15, 0.2) is 36.7 Å². The maximum atomic E-state index is 4.33. The second-order valence-corrected chi connectivity index (χ2v) is 4.31. The number of rotatable bonds is 3. The molecule has 0 fully saturated rings. The Labute approximate surface area is 110 Å². The Hall–Kier alpha value is -2.50. The molecule has 19 heavy (non-hydrogen) atoms. The van der Waals surface area contributed by atoms with E-state index < -0.39 is 0 Å². The largest absolute Gasteiger partial charge is 0.240 e. The van der Waals surface area contributed by atoms with Crippen molar-refractivity contribution in [3.05, 3.63) is 42.2 Å². The maximum Gasteiger partial charge on any atom is 0.208 e. The van der Waals surface area contributed by atoms with Crippen LogP contribution in [0.2, 0.25) is 0 Å². The lowest BCUT2D eigenvalue weighted by Gasteiger charge is -2.00. The molecule has 0 aliphatic rings. The summed E-state index contributed by atoms with van der Waals surface area (Å²) in [4.78, 5) is 1.55. The predicted octanol–water partition coefficient (Wildman–Crippen LogP) is 1.85. The lowest BCUT2D eigenvalue weighted by Crippen LogP contribution is -1.98. The molecule has 0 amide bonds. The first-order valence-corrected chi connectivity index (χ1v) is 6.16. The number of hydrogen-bond donors (Lipinski definition) is 0. The van der Waals surface area contributed by atoms with Gasteiger partial charge in [0.1, 0.15) is 0 Å². The molecule has 2 heterocycles. The number of benzene rings is 1. The van der Waals surface area contributed by atoms with Gasteiger partial charge in [-0.2, -0.15) is 9.90 Å². The van der Waals surface area contributed by atoms with E-state index in [2.05, 4.69) is 39.6 Å². The predicted molar refractivity (Wildman–Crippen MR) is 70.8 cm³/mol. The summed E-state index contributed by atoms with van der Waals surface area (Å²) in [5, 5.41) is 16.5. The highest BCUT2D eigenvalue weighted by Crippen LogP contribution is 2.15. The minimum Gasteiger partial charge on any atom is -0.240 e. The van der Waals surface area contributed by atoms with Gasteiger partial charge in [-0.15, -0.1) is 10.2 Å². The summed E-state index contributed by atoms with van der Waals surface area (Å²) in [6.45, 7) is 4.74. The molecule has 2 aromatic heterocycles. The molecule has 0 radical (unpaired) electrons. The van der Waals surface area contributed by atoms with E-state index in [1.165, 1.54) is 5.56 Å². The fraction of sp³-hybridized carbons (Fsp3) is 0.231. The van der Waals surface area contributed by atoms with Crippen molar-refractivity contribution in [1.29, 1.82) is 0 Å². The molecule has 0 spiro atoms. The molecule has 3 rings (SSSR count). The maximum absolute atomic E-state index is 4.33. The van der Waals surface area contributed by atoms with Gasteiger partial charge in [0.2, 0.25) is 5.82 Å². The monoisotopic (exact) mass is 254 g/mol. The van der Waals surface area contributed by atoms with Crippen molar-refractivity contribution in [2.24, 2.45) is 0 Å². The first-order valence-electron chi connectivity index (χ1n) is 6.16. The van der Waals surface area contributed by atoms with Gasteiger partial charge in [0.05, 0.1) is 24.0 Å². The third-order valence-electron chi connectivity index (χ3n) is 2.87. The highest BCUT2D eigenvalue weighted by molar-refractivity contribution is 5.52.